The first-order valence-electron chi connectivity index (χ1n) is 11.6. The third-order valence-electron chi connectivity index (χ3n) is 6.96. The lowest BCUT2D eigenvalue weighted by molar-refractivity contribution is -0.158. The zero-order valence-corrected chi connectivity index (χ0v) is 21.1. The summed E-state index contributed by atoms with van der Waals surface area (Å²) in [5.41, 5.74) is 2.94. The molecule has 4 aromatic rings. The molecule has 2 aliphatic heterocycles. The molecule has 36 heavy (non-hydrogen) atoms. The molecule has 2 aromatic heterocycles. The maximum absolute atomic E-state index is 13.9. The molecule has 0 N–H and O–H groups in total. The van der Waals surface area contributed by atoms with Gasteiger partial charge in [-0.05, 0) is 45.0 Å². The minimum absolute atomic E-state index is 0.206. The molecule has 0 amide bonds. The van der Waals surface area contributed by atoms with E-state index in [0.717, 1.165) is 28.2 Å². The number of carbonyl (C=O) groups excluding carboxylic acids is 1. The second-order valence-corrected chi connectivity index (χ2v) is 10.2. The summed E-state index contributed by atoms with van der Waals surface area (Å²) in [6.45, 7) is 5.69. The Balaban J connectivity index is 1.58. The van der Waals surface area contributed by atoms with E-state index in [1.807, 2.05) is 79.2 Å². The van der Waals surface area contributed by atoms with Gasteiger partial charge in [-0.3, -0.25) is 14.2 Å². The van der Waals surface area contributed by atoms with Crippen LogP contribution in [0.3, 0.4) is 0 Å². The molecule has 3 atom stereocenters. The quantitative estimate of drug-likeness (QED) is 0.404. The van der Waals surface area contributed by atoms with E-state index in [9.17, 15) is 9.59 Å². The molecule has 0 radical (unpaired) electrons. The minimum atomic E-state index is -1.19. The van der Waals surface area contributed by atoms with Crippen LogP contribution in [-0.4, -0.2) is 33.2 Å². The highest BCUT2D eigenvalue weighted by atomic mass is 32.1. The maximum Gasteiger partial charge on any atom is 0.317 e. The van der Waals surface area contributed by atoms with E-state index in [1.165, 1.54) is 18.4 Å². The van der Waals surface area contributed by atoms with Crippen molar-refractivity contribution < 1.29 is 14.3 Å². The first-order chi connectivity index (χ1) is 17.3. The van der Waals surface area contributed by atoms with Gasteiger partial charge in [0.2, 0.25) is 5.72 Å². The largest absolute Gasteiger partial charge is 0.469 e. The molecule has 0 unspecified atom stereocenters. The van der Waals surface area contributed by atoms with Crippen molar-refractivity contribution in [2.45, 2.75) is 32.5 Å². The van der Waals surface area contributed by atoms with Crippen LogP contribution < -0.4 is 19.6 Å². The van der Waals surface area contributed by atoms with E-state index in [1.54, 1.807) is 11.5 Å². The van der Waals surface area contributed by atoms with Crippen molar-refractivity contribution in [1.82, 2.24) is 14.3 Å². The van der Waals surface area contributed by atoms with Gasteiger partial charge >= 0.3 is 5.97 Å². The van der Waals surface area contributed by atoms with Crippen LogP contribution in [-0.2, 0) is 9.53 Å². The lowest BCUT2D eigenvalue weighted by Gasteiger charge is -2.44. The van der Waals surface area contributed by atoms with E-state index in [-0.39, 0.29) is 5.56 Å². The number of esters is 1. The summed E-state index contributed by atoms with van der Waals surface area (Å²) in [6, 6.07) is 16.8. The van der Waals surface area contributed by atoms with Gasteiger partial charge in [-0.25, -0.2) is 9.67 Å². The van der Waals surface area contributed by atoms with Crippen LogP contribution in [0.5, 0.6) is 5.75 Å². The minimum Gasteiger partial charge on any atom is -0.469 e. The van der Waals surface area contributed by atoms with Crippen molar-refractivity contribution in [2.24, 2.45) is 10.9 Å². The van der Waals surface area contributed by atoms with Crippen molar-refractivity contribution >= 4 is 23.4 Å². The highest BCUT2D eigenvalue weighted by molar-refractivity contribution is 7.07. The number of thiazole rings is 1. The molecular formula is C27H24N4O4S. The van der Waals surface area contributed by atoms with Gasteiger partial charge in [0, 0.05) is 16.8 Å². The number of hydrogen-bond donors (Lipinski definition) is 0. The van der Waals surface area contributed by atoms with Crippen molar-refractivity contribution in [1.29, 1.82) is 0 Å². The highest BCUT2D eigenvalue weighted by Gasteiger charge is 2.55. The van der Waals surface area contributed by atoms with E-state index in [0.29, 0.717) is 15.1 Å². The predicted octanol–water partition coefficient (Wildman–Crippen LogP) is 2.66. The van der Waals surface area contributed by atoms with Gasteiger partial charge in [-0.2, -0.15) is 5.10 Å². The number of carbonyl (C=O) groups is 1. The fourth-order valence-corrected chi connectivity index (χ4v) is 6.33. The average molecular weight is 501 g/mol. The molecule has 9 heteroatoms. The summed E-state index contributed by atoms with van der Waals surface area (Å²) in [6.07, 6.45) is 1.87. The summed E-state index contributed by atoms with van der Waals surface area (Å²) in [4.78, 5) is 32.1. The molecule has 2 bridgehead atoms. The number of methoxy groups -OCH3 is 1. The van der Waals surface area contributed by atoms with Crippen LogP contribution in [0, 0.1) is 19.8 Å². The number of fused-ring (bicyclic) bond motifs is 6. The van der Waals surface area contributed by atoms with Gasteiger partial charge in [0.15, 0.2) is 4.80 Å². The fraction of sp³-hybridized carbons (Fsp3) is 0.259. The molecule has 6 rings (SSSR count). The van der Waals surface area contributed by atoms with Gasteiger partial charge in [-0.1, -0.05) is 47.7 Å². The Morgan fingerprint density at radius 3 is 2.61 bits per heavy atom. The summed E-state index contributed by atoms with van der Waals surface area (Å²) in [5, 5.41) is 4.71. The monoisotopic (exact) mass is 500 g/mol. The number of rotatable bonds is 3. The van der Waals surface area contributed by atoms with Crippen LogP contribution >= 0.6 is 11.3 Å². The fourth-order valence-electron chi connectivity index (χ4n) is 5.25. The van der Waals surface area contributed by atoms with Gasteiger partial charge in [-0.15, -0.1) is 0 Å². The SMILES string of the molecule is COC(=O)[C@H]1[C@H]2c3ccccc3O[C@@]1(C)N=c1s/c(=C/c3c(C)nn(-c4ccccc4)c3C)c(=O)n12. The van der Waals surface area contributed by atoms with Gasteiger partial charge in [0.05, 0.1) is 29.1 Å². The summed E-state index contributed by atoms with van der Waals surface area (Å²) in [5.74, 6) is -0.653. The van der Waals surface area contributed by atoms with E-state index >= 15 is 0 Å². The van der Waals surface area contributed by atoms with E-state index < -0.39 is 23.7 Å². The number of benzene rings is 2. The van der Waals surface area contributed by atoms with Crippen molar-refractivity contribution in [2.75, 3.05) is 7.11 Å². The Bertz CT molecular complexity index is 1700. The smallest absolute Gasteiger partial charge is 0.317 e. The lowest BCUT2D eigenvalue weighted by Crippen LogP contribution is -2.58. The van der Waals surface area contributed by atoms with Gasteiger partial charge < -0.3 is 9.47 Å². The number of ether oxygens (including phenoxy) is 2. The molecule has 0 saturated heterocycles. The highest BCUT2D eigenvalue weighted by Crippen LogP contribution is 2.47. The first-order valence-corrected chi connectivity index (χ1v) is 12.4. The second kappa shape index (κ2) is 8.03. The molecule has 0 fully saturated rings. The van der Waals surface area contributed by atoms with E-state index in [4.69, 9.17) is 19.6 Å². The molecule has 8 nitrogen and oxygen atoms in total. The van der Waals surface area contributed by atoms with Crippen LogP contribution in [0.2, 0.25) is 0 Å². The van der Waals surface area contributed by atoms with Crippen molar-refractivity contribution in [3.63, 3.8) is 0 Å². The lowest BCUT2D eigenvalue weighted by atomic mass is 9.81. The number of aromatic nitrogens is 3. The molecular weight excluding hydrogens is 476 g/mol. The molecule has 0 aliphatic carbocycles. The zero-order chi connectivity index (χ0) is 25.2. The second-order valence-electron chi connectivity index (χ2n) is 9.15. The average Bonchev–Trinajstić information content (AvgIpc) is 3.33. The Morgan fingerprint density at radius 1 is 1.14 bits per heavy atom. The Labute approximate surface area is 210 Å². The Morgan fingerprint density at radius 2 is 1.86 bits per heavy atom. The summed E-state index contributed by atoms with van der Waals surface area (Å²) < 4.78 is 15.4. The number of nitrogens with zero attached hydrogens (tertiary/aromatic N) is 4. The third kappa shape index (κ3) is 3.19. The maximum atomic E-state index is 13.9. The Kier molecular flexibility index (Phi) is 5.01. The molecule has 0 saturated carbocycles. The standard InChI is InChI=1S/C27H24N4O4S/c1-15-19(16(2)31(29-15)17-10-6-5-7-11-17)14-21-24(32)30-23-18-12-8-9-13-20(18)35-27(3,28-26(30)36-21)22(23)25(33)34-4/h5-14,22-23H,1-4H3/b21-14+/t22-,23-,27-/m1/s1. The number of hydrogen-bond acceptors (Lipinski definition) is 7. The summed E-state index contributed by atoms with van der Waals surface area (Å²) in [7, 11) is 1.34. The van der Waals surface area contributed by atoms with Crippen LogP contribution in [0.4, 0.5) is 0 Å². The number of aryl methyl sites for hydroxylation is 1. The third-order valence-corrected chi connectivity index (χ3v) is 7.94. The van der Waals surface area contributed by atoms with Crippen LogP contribution in [0.25, 0.3) is 11.8 Å². The van der Waals surface area contributed by atoms with Gasteiger partial charge in [0.1, 0.15) is 11.7 Å². The predicted molar refractivity (Wildman–Crippen MR) is 135 cm³/mol. The van der Waals surface area contributed by atoms with Crippen molar-refractivity contribution in [3.8, 4) is 11.4 Å². The van der Waals surface area contributed by atoms with E-state index in [2.05, 4.69) is 0 Å². The molecule has 4 heterocycles. The molecule has 0 spiro atoms. The normalized spacial score (nSPS) is 22.3. The molecule has 2 aromatic carbocycles. The topological polar surface area (TPSA) is 87.7 Å². The van der Waals surface area contributed by atoms with Crippen LogP contribution in [0.15, 0.2) is 64.4 Å². The Hall–Kier alpha value is -3.98. The van der Waals surface area contributed by atoms with Gasteiger partial charge in [0.25, 0.3) is 5.56 Å². The first kappa shape index (κ1) is 22.5. The molecule has 2 aliphatic rings. The molecule has 182 valence electrons. The van der Waals surface area contributed by atoms with Crippen LogP contribution in [0.1, 0.15) is 35.5 Å². The zero-order valence-electron chi connectivity index (χ0n) is 20.3. The number of para-hydroxylation sites is 2. The summed E-state index contributed by atoms with van der Waals surface area (Å²) >= 11 is 1.29. The van der Waals surface area contributed by atoms with Crippen molar-refractivity contribution in [3.05, 3.63) is 96.8 Å².